The van der Waals surface area contributed by atoms with Gasteiger partial charge in [-0.05, 0) is 74.2 Å². The van der Waals surface area contributed by atoms with Gasteiger partial charge in [0.15, 0.2) is 0 Å². The van der Waals surface area contributed by atoms with Gasteiger partial charge in [0.25, 0.3) is 0 Å². The minimum atomic E-state index is -1.28. The molecule has 3 aromatic carbocycles. The highest BCUT2D eigenvalue weighted by atomic mass is 16.5. The van der Waals surface area contributed by atoms with E-state index in [1.165, 1.54) is 16.9 Å². The van der Waals surface area contributed by atoms with Crippen molar-refractivity contribution in [3.05, 3.63) is 90.0 Å². The maximum absolute atomic E-state index is 14.6. The first-order valence-electron chi connectivity index (χ1n) is 16.6. The molecule has 0 radical (unpaired) electrons. The molecule has 2 aliphatic carbocycles. The molecule has 1 N–H and O–H groups in total. The number of ether oxygens (including phenoxy) is 2. The van der Waals surface area contributed by atoms with Gasteiger partial charge in [-0.1, -0.05) is 35.9 Å². The summed E-state index contributed by atoms with van der Waals surface area (Å²) >= 11 is 0. The van der Waals surface area contributed by atoms with E-state index in [2.05, 4.69) is 4.90 Å². The zero-order valence-electron chi connectivity index (χ0n) is 26.9. The van der Waals surface area contributed by atoms with Gasteiger partial charge in [0, 0.05) is 30.3 Å². The second-order valence-electron chi connectivity index (χ2n) is 13.5. The summed E-state index contributed by atoms with van der Waals surface area (Å²) in [4.78, 5) is 62.2. The Bertz CT molecular complexity index is 1850. The van der Waals surface area contributed by atoms with Crippen molar-refractivity contribution in [3.63, 3.8) is 0 Å². The van der Waals surface area contributed by atoms with Gasteiger partial charge in [0.2, 0.25) is 23.6 Å². The van der Waals surface area contributed by atoms with Gasteiger partial charge in [0.1, 0.15) is 11.5 Å². The Kier molecular flexibility index (Phi) is 7.17. The Balaban J connectivity index is 1.21. The van der Waals surface area contributed by atoms with Crippen LogP contribution < -0.4 is 19.4 Å². The molecule has 3 aliphatic heterocycles. The molecule has 3 heterocycles. The number of hydrogen-bond acceptors (Lipinski definition) is 8. The summed E-state index contributed by atoms with van der Waals surface area (Å²) in [5.41, 5.74) is 1.90. The number of benzene rings is 3. The molecule has 4 fully saturated rings. The molecule has 48 heavy (non-hydrogen) atoms. The van der Waals surface area contributed by atoms with Crippen molar-refractivity contribution >= 4 is 40.7 Å². The molecule has 0 aromatic heterocycles. The topological polar surface area (TPSA) is 117 Å². The first-order valence-corrected chi connectivity index (χ1v) is 16.6. The van der Waals surface area contributed by atoms with E-state index in [4.69, 9.17) is 9.47 Å². The number of morpholine rings is 1. The lowest BCUT2D eigenvalue weighted by Crippen LogP contribution is -2.49. The number of nitrogens with zero attached hydrogens (tertiary/aromatic N) is 3. The van der Waals surface area contributed by atoms with Crippen molar-refractivity contribution in [1.82, 2.24) is 0 Å². The van der Waals surface area contributed by atoms with Crippen LogP contribution in [0.25, 0.3) is 0 Å². The summed E-state index contributed by atoms with van der Waals surface area (Å²) in [6.07, 6.45) is 2.51. The highest BCUT2D eigenvalue weighted by Crippen LogP contribution is 2.65. The van der Waals surface area contributed by atoms with Crippen molar-refractivity contribution in [2.75, 3.05) is 48.1 Å². The summed E-state index contributed by atoms with van der Waals surface area (Å²) < 4.78 is 11.2. The Morgan fingerprint density at radius 2 is 1.48 bits per heavy atom. The SMILES string of the molecule is COc1cccc(O)c1[C@H]1C2=CC[C@@H]3C(=O)N(c4ccc(N5CCOCC5)cc4)C(=O)[C@@H]3[C@@H]2C[C@H]2C(=O)N(c3ccccc3)C(=O)[C@@]12C. The van der Waals surface area contributed by atoms with Crippen molar-refractivity contribution in [2.24, 2.45) is 29.1 Å². The van der Waals surface area contributed by atoms with Crippen LogP contribution in [-0.2, 0) is 23.9 Å². The zero-order valence-corrected chi connectivity index (χ0v) is 26.9. The van der Waals surface area contributed by atoms with Gasteiger partial charge < -0.3 is 19.5 Å². The summed E-state index contributed by atoms with van der Waals surface area (Å²) in [6, 6.07) is 21.3. The number of allylic oxidation sites excluding steroid dienone is 2. The van der Waals surface area contributed by atoms with E-state index in [9.17, 15) is 24.3 Å². The van der Waals surface area contributed by atoms with Crippen molar-refractivity contribution in [1.29, 1.82) is 0 Å². The number of rotatable bonds is 5. The average molecular weight is 648 g/mol. The Morgan fingerprint density at radius 1 is 0.792 bits per heavy atom. The highest BCUT2D eigenvalue weighted by Gasteiger charge is 2.68. The fourth-order valence-electron chi connectivity index (χ4n) is 9.04. The molecule has 246 valence electrons. The van der Waals surface area contributed by atoms with Crippen LogP contribution in [-0.4, -0.2) is 62.1 Å². The molecular formula is C38H37N3O7. The third-order valence-corrected chi connectivity index (χ3v) is 11.3. The predicted octanol–water partition coefficient (Wildman–Crippen LogP) is 4.67. The summed E-state index contributed by atoms with van der Waals surface area (Å²) in [6.45, 7) is 4.64. The van der Waals surface area contributed by atoms with Crippen LogP contribution >= 0.6 is 0 Å². The fraction of sp³-hybridized carbons (Fsp3) is 0.368. The molecule has 3 saturated heterocycles. The van der Waals surface area contributed by atoms with Crippen LogP contribution in [0.15, 0.2) is 84.4 Å². The maximum atomic E-state index is 14.6. The molecule has 4 amide bonds. The van der Waals surface area contributed by atoms with Crippen molar-refractivity contribution in [3.8, 4) is 11.5 Å². The first-order chi connectivity index (χ1) is 23.3. The smallest absolute Gasteiger partial charge is 0.241 e. The second kappa shape index (κ2) is 11.3. The maximum Gasteiger partial charge on any atom is 0.241 e. The molecule has 10 nitrogen and oxygen atoms in total. The fourth-order valence-corrected chi connectivity index (χ4v) is 9.04. The summed E-state index contributed by atoms with van der Waals surface area (Å²) in [5.74, 6) is -4.33. The summed E-state index contributed by atoms with van der Waals surface area (Å²) in [5, 5.41) is 11.4. The van der Waals surface area contributed by atoms with Gasteiger partial charge in [-0.2, -0.15) is 0 Å². The second-order valence-corrected chi connectivity index (χ2v) is 13.5. The van der Waals surface area contributed by atoms with Crippen molar-refractivity contribution < 1.29 is 33.8 Å². The highest BCUT2D eigenvalue weighted by molar-refractivity contribution is 6.25. The lowest BCUT2D eigenvalue weighted by atomic mass is 9.51. The van der Waals surface area contributed by atoms with E-state index in [-0.39, 0.29) is 35.8 Å². The number of phenols is 1. The number of carbonyl (C=O) groups is 4. The largest absolute Gasteiger partial charge is 0.508 e. The normalized spacial score (nSPS) is 29.8. The van der Waals surface area contributed by atoms with E-state index in [1.807, 2.05) is 36.4 Å². The molecule has 0 unspecified atom stereocenters. The van der Waals surface area contributed by atoms with Gasteiger partial charge in [-0.15, -0.1) is 0 Å². The number of para-hydroxylation sites is 1. The number of fused-ring (bicyclic) bond motifs is 4. The third kappa shape index (κ3) is 4.28. The van der Waals surface area contributed by atoms with Gasteiger partial charge in [-0.25, -0.2) is 4.90 Å². The van der Waals surface area contributed by atoms with Crippen LogP contribution in [0.1, 0.15) is 31.2 Å². The quantitative estimate of drug-likeness (QED) is 0.314. The number of hydrogen-bond donors (Lipinski definition) is 1. The molecule has 6 atom stereocenters. The molecule has 5 aliphatic rings. The van der Waals surface area contributed by atoms with Gasteiger partial charge in [-0.3, -0.25) is 24.1 Å². The molecule has 10 heteroatoms. The number of carbonyl (C=O) groups excluding carboxylic acids is 4. The Hall–Kier alpha value is -4.96. The minimum absolute atomic E-state index is 0.0581. The zero-order chi connectivity index (χ0) is 33.3. The number of amides is 4. The van der Waals surface area contributed by atoms with E-state index < -0.39 is 35.0 Å². The Labute approximate surface area is 278 Å². The third-order valence-electron chi connectivity index (χ3n) is 11.3. The molecule has 1 saturated carbocycles. The van der Waals surface area contributed by atoms with Gasteiger partial charge in [0.05, 0.1) is 54.9 Å². The number of imide groups is 2. The van der Waals surface area contributed by atoms with E-state index >= 15 is 0 Å². The monoisotopic (exact) mass is 647 g/mol. The van der Waals surface area contributed by atoms with Crippen LogP contribution in [0.4, 0.5) is 17.1 Å². The van der Waals surface area contributed by atoms with Gasteiger partial charge >= 0.3 is 0 Å². The lowest BCUT2D eigenvalue weighted by molar-refractivity contribution is -0.131. The van der Waals surface area contributed by atoms with E-state index in [0.717, 1.165) is 24.4 Å². The lowest BCUT2D eigenvalue weighted by Gasteiger charge is -2.49. The van der Waals surface area contributed by atoms with Crippen LogP contribution in [0.3, 0.4) is 0 Å². The minimum Gasteiger partial charge on any atom is -0.508 e. The van der Waals surface area contributed by atoms with Crippen LogP contribution in [0.2, 0.25) is 0 Å². The van der Waals surface area contributed by atoms with Crippen LogP contribution in [0, 0.1) is 29.1 Å². The number of anilines is 3. The van der Waals surface area contributed by atoms with Crippen LogP contribution in [0.5, 0.6) is 11.5 Å². The van der Waals surface area contributed by atoms with Crippen molar-refractivity contribution in [2.45, 2.75) is 25.7 Å². The first kappa shape index (κ1) is 30.4. The van der Waals surface area contributed by atoms with E-state index in [0.29, 0.717) is 42.3 Å². The average Bonchev–Trinajstić information content (AvgIpc) is 3.48. The standard InChI is InChI=1S/C38H37N3O7/c1-38-28(35(44)41(37(38)46)23-7-4-3-5-8-23)21-27-25(33(38)32-29(42)9-6-10-30(32)47-2)15-16-26-31(27)36(45)40(34(26)43)24-13-11-22(12-14-24)39-17-19-48-20-18-39/h3-15,26-28,31,33,42H,16-21H2,1-2H3/t26-,27+,28-,31-,33+,38+/m0/s1. The molecule has 0 bridgehead atoms. The molecular weight excluding hydrogens is 610 g/mol. The van der Waals surface area contributed by atoms with E-state index in [1.54, 1.807) is 49.4 Å². The molecule has 8 rings (SSSR count). The molecule has 3 aromatic rings. The Morgan fingerprint density at radius 3 is 2.19 bits per heavy atom. The molecule has 0 spiro atoms. The summed E-state index contributed by atoms with van der Waals surface area (Å²) in [7, 11) is 1.50. The number of aromatic hydroxyl groups is 1. The number of phenolic OH excluding ortho intramolecular Hbond substituents is 1. The number of methoxy groups -OCH3 is 1. The predicted molar refractivity (Wildman–Crippen MR) is 178 cm³/mol.